The van der Waals surface area contributed by atoms with Crippen LogP contribution >= 0.6 is 34.2 Å². The van der Waals surface area contributed by atoms with Crippen molar-refractivity contribution in [2.45, 2.75) is 0 Å². The number of hydrogen-bond acceptors (Lipinski definition) is 2. The number of carbonyl (C=O) groups is 1. The van der Waals surface area contributed by atoms with Crippen LogP contribution < -0.4 is 5.69 Å². The van der Waals surface area contributed by atoms with Crippen LogP contribution in [0, 0.1) is 3.57 Å². The number of H-pyrrole nitrogens is 1. The molecule has 1 aromatic heterocycles. The Morgan fingerprint density at radius 1 is 1.24 bits per heavy atom. The molecule has 2 N–H and O–H groups in total. The van der Waals surface area contributed by atoms with Crippen molar-refractivity contribution in [3.8, 4) is 5.69 Å². The van der Waals surface area contributed by atoms with E-state index >= 15 is 0 Å². The van der Waals surface area contributed by atoms with Crippen molar-refractivity contribution in [1.82, 2.24) is 9.55 Å². The summed E-state index contributed by atoms with van der Waals surface area (Å²) in [5.74, 6) is -1.05. The van der Waals surface area contributed by atoms with Crippen LogP contribution in [0.1, 0.15) is 10.4 Å². The van der Waals surface area contributed by atoms with E-state index in [1.54, 1.807) is 18.2 Å². The van der Waals surface area contributed by atoms with Gasteiger partial charge in [-0.15, -0.1) is 0 Å². The zero-order valence-corrected chi connectivity index (χ0v) is 13.3. The van der Waals surface area contributed by atoms with Gasteiger partial charge in [-0.1, -0.05) is 11.6 Å². The van der Waals surface area contributed by atoms with Gasteiger partial charge in [0.2, 0.25) is 0 Å². The van der Waals surface area contributed by atoms with Crippen LogP contribution in [-0.4, -0.2) is 20.6 Å². The zero-order chi connectivity index (χ0) is 15.1. The number of halogens is 2. The number of carboxylic acids is 1. The predicted octanol–water partition coefficient (Wildman–Crippen LogP) is 3.28. The highest BCUT2D eigenvalue weighted by atomic mass is 127. The van der Waals surface area contributed by atoms with E-state index in [4.69, 9.17) is 16.7 Å². The summed E-state index contributed by atoms with van der Waals surface area (Å²) in [5, 5.41) is 9.50. The second-order valence-corrected chi connectivity index (χ2v) is 6.05. The molecule has 5 nitrogen and oxygen atoms in total. The van der Waals surface area contributed by atoms with Crippen molar-refractivity contribution in [1.29, 1.82) is 0 Å². The molecule has 0 atom stereocenters. The van der Waals surface area contributed by atoms with Gasteiger partial charge >= 0.3 is 11.7 Å². The minimum Gasteiger partial charge on any atom is -0.478 e. The summed E-state index contributed by atoms with van der Waals surface area (Å²) in [4.78, 5) is 25.9. The molecule has 0 saturated heterocycles. The Hall–Kier alpha value is -1.80. The highest BCUT2D eigenvalue weighted by Gasteiger charge is 2.14. The van der Waals surface area contributed by atoms with Gasteiger partial charge in [0, 0.05) is 3.57 Å². The zero-order valence-electron chi connectivity index (χ0n) is 10.4. The molecule has 0 bridgehead atoms. The molecule has 7 heteroatoms. The molecule has 0 spiro atoms. The second-order valence-electron chi connectivity index (χ2n) is 4.40. The molecule has 0 radical (unpaired) electrons. The van der Waals surface area contributed by atoms with Gasteiger partial charge in [-0.2, -0.15) is 0 Å². The number of imidazole rings is 1. The molecule has 1 heterocycles. The number of nitrogens with one attached hydrogen (secondary N) is 1. The third-order valence-corrected chi connectivity index (χ3v) is 4.05. The Morgan fingerprint density at radius 3 is 2.67 bits per heavy atom. The fraction of sp³-hybridized carbons (Fsp3) is 0. The first-order chi connectivity index (χ1) is 9.97. The van der Waals surface area contributed by atoms with Gasteiger partial charge in [0.15, 0.2) is 0 Å². The lowest BCUT2D eigenvalue weighted by Crippen LogP contribution is -2.15. The summed E-state index contributed by atoms with van der Waals surface area (Å²) in [7, 11) is 0. The average Bonchev–Trinajstić information content (AvgIpc) is 2.74. The number of aromatic amines is 1. The lowest BCUT2D eigenvalue weighted by Gasteiger charge is -2.06. The third-order valence-electron chi connectivity index (χ3n) is 3.08. The first-order valence-electron chi connectivity index (χ1n) is 5.91. The monoisotopic (exact) mass is 414 g/mol. The van der Waals surface area contributed by atoms with E-state index in [9.17, 15) is 9.59 Å². The SMILES string of the molecule is O=C(O)c1ccc2[nH]c(=O)n(-c3ccc(I)cc3Cl)c2c1. The van der Waals surface area contributed by atoms with E-state index in [1.807, 2.05) is 6.07 Å². The fourth-order valence-corrected chi connectivity index (χ4v) is 3.08. The van der Waals surface area contributed by atoms with Crippen LogP contribution in [-0.2, 0) is 0 Å². The molecular weight excluding hydrogens is 407 g/mol. The molecule has 0 saturated carbocycles. The summed E-state index contributed by atoms with van der Waals surface area (Å²) >= 11 is 8.32. The van der Waals surface area contributed by atoms with E-state index < -0.39 is 5.97 Å². The predicted molar refractivity (Wildman–Crippen MR) is 88.6 cm³/mol. The van der Waals surface area contributed by atoms with E-state index in [2.05, 4.69) is 27.6 Å². The maximum Gasteiger partial charge on any atom is 0.335 e. The first kappa shape index (κ1) is 14.2. The van der Waals surface area contributed by atoms with Gasteiger partial charge in [-0.25, -0.2) is 9.59 Å². The molecule has 106 valence electrons. The Kier molecular flexibility index (Phi) is 3.50. The van der Waals surface area contributed by atoms with Crippen LogP contribution in [0.15, 0.2) is 41.2 Å². The molecule has 0 amide bonds. The Morgan fingerprint density at radius 2 is 2.00 bits per heavy atom. The molecule has 0 aliphatic carbocycles. The van der Waals surface area contributed by atoms with Crippen molar-refractivity contribution in [2.75, 3.05) is 0 Å². The maximum absolute atomic E-state index is 12.2. The lowest BCUT2D eigenvalue weighted by molar-refractivity contribution is 0.0697. The van der Waals surface area contributed by atoms with Gasteiger partial charge in [0.25, 0.3) is 0 Å². The van der Waals surface area contributed by atoms with Crippen molar-refractivity contribution >= 4 is 51.2 Å². The number of nitrogens with zero attached hydrogens (tertiary/aromatic N) is 1. The van der Waals surface area contributed by atoms with Crippen molar-refractivity contribution in [3.63, 3.8) is 0 Å². The van der Waals surface area contributed by atoms with Crippen molar-refractivity contribution in [3.05, 3.63) is 61.0 Å². The number of carboxylic acid groups (broad SMARTS) is 1. The number of hydrogen-bond donors (Lipinski definition) is 2. The Balaban J connectivity index is 2.35. The van der Waals surface area contributed by atoms with E-state index in [0.29, 0.717) is 21.7 Å². The fourth-order valence-electron chi connectivity index (χ4n) is 2.14. The molecule has 0 unspecified atom stereocenters. The minimum absolute atomic E-state index is 0.108. The standard InChI is InChI=1S/C14H8ClIN2O3/c15-9-6-8(16)2-4-11(9)18-12-5-7(13(19)20)1-3-10(12)17-14(18)21/h1-6H,(H,17,21)(H,19,20). The van der Waals surface area contributed by atoms with Crippen LogP contribution in [0.4, 0.5) is 0 Å². The number of aromatic nitrogens is 2. The summed E-state index contributed by atoms with van der Waals surface area (Å²) < 4.78 is 2.32. The topological polar surface area (TPSA) is 75.1 Å². The van der Waals surface area contributed by atoms with Crippen LogP contribution in [0.3, 0.4) is 0 Å². The molecule has 0 aliphatic heterocycles. The number of aromatic carboxylic acids is 1. The van der Waals surface area contributed by atoms with Gasteiger partial charge < -0.3 is 10.1 Å². The quantitative estimate of drug-likeness (QED) is 0.632. The van der Waals surface area contributed by atoms with Gasteiger partial charge in [-0.3, -0.25) is 4.57 Å². The second kappa shape index (κ2) is 5.19. The van der Waals surface area contributed by atoms with Crippen molar-refractivity contribution in [2.24, 2.45) is 0 Å². The largest absolute Gasteiger partial charge is 0.478 e. The van der Waals surface area contributed by atoms with Gasteiger partial charge in [-0.05, 0) is 59.0 Å². The summed E-state index contributed by atoms with van der Waals surface area (Å²) in [6, 6.07) is 9.76. The van der Waals surface area contributed by atoms with Crippen molar-refractivity contribution < 1.29 is 9.90 Å². The summed E-state index contributed by atoms with van der Waals surface area (Å²) in [6.45, 7) is 0. The Labute approximate surface area is 137 Å². The molecule has 3 aromatic rings. The highest BCUT2D eigenvalue weighted by Crippen LogP contribution is 2.25. The summed E-state index contributed by atoms with van der Waals surface area (Å²) in [6.07, 6.45) is 0. The highest BCUT2D eigenvalue weighted by molar-refractivity contribution is 14.1. The number of fused-ring (bicyclic) bond motifs is 1. The Bertz CT molecular complexity index is 930. The van der Waals surface area contributed by atoms with Crippen LogP contribution in [0.5, 0.6) is 0 Å². The van der Waals surface area contributed by atoms with E-state index in [1.165, 1.54) is 16.7 Å². The lowest BCUT2D eigenvalue weighted by atomic mass is 10.2. The molecular formula is C14H8ClIN2O3. The van der Waals surface area contributed by atoms with Crippen LogP contribution in [0.25, 0.3) is 16.7 Å². The molecule has 0 aliphatic rings. The minimum atomic E-state index is -1.05. The molecule has 3 rings (SSSR count). The molecule has 0 fully saturated rings. The van der Waals surface area contributed by atoms with E-state index in [-0.39, 0.29) is 11.3 Å². The normalized spacial score (nSPS) is 11.0. The van der Waals surface area contributed by atoms with E-state index in [0.717, 1.165) is 3.57 Å². The van der Waals surface area contributed by atoms with Gasteiger partial charge in [0.1, 0.15) is 0 Å². The summed E-state index contributed by atoms with van der Waals surface area (Å²) in [5.41, 5.74) is 1.28. The third kappa shape index (κ3) is 2.44. The maximum atomic E-state index is 12.2. The smallest absolute Gasteiger partial charge is 0.335 e. The number of rotatable bonds is 2. The molecule has 2 aromatic carbocycles. The average molecular weight is 415 g/mol. The molecule has 21 heavy (non-hydrogen) atoms. The van der Waals surface area contributed by atoms with Gasteiger partial charge in [0.05, 0.1) is 27.3 Å². The first-order valence-corrected chi connectivity index (χ1v) is 7.36. The number of benzene rings is 2. The van der Waals surface area contributed by atoms with Crippen LogP contribution in [0.2, 0.25) is 5.02 Å².